The third kappa shape index (κ3) is 6.81. The van der Waals surface area contributed by atoms with Gasteiger partial charge in [0.2, 0.25) is 0 Å². The summed E-state index contributed by atoms with van der Waals surface area (Å²) in [5.74, 6) is -0.358. The maximum absolute atomic E-state index is 12.2. The van der Waals surface area contributed by atoms with Gasteiger partial charge in [0.1, 0.15) is 23.3 Å². The highest BCUT2D eigenvalue weighted by atomic mass is 35.5. The molecule has 9 heteroatoms. The summed E-state index contributed by atoms with van der Waals surface area (Å²) < 4.78 is 5.35. The van der Waals surface area contributed by atoms with Crippen LogP contribution in [0, 0.1) is 11.3 Å². The fourth-order valence-electron chi connectivity index (χ4n) is 3.11. The van der Waals surface area contributed by atoms with Gasteiger partial charge in [-0.1, -0.05) is 37.0 Å². The van der Waals surface area contributed by atoms with Crippen molar-refractivity contribution in [3.8, 4) is 17.3 Å². The average Bonchev–Trinajstić information content (AvgIpc) is 3.32. The van der Waals surface area contributed by atoms with Crippen LogP contribution < -0.4 is 5.32 Å². The van der Waals surface area contributed by atoms with Crippen molar-refractivity contribution in [3.05, 3.63) is 74.7 Å². The Morgan fingerprint density at radius 2 is 1.94 bits per heavy atom. The molecule has 6 nitrogen and oxygen atoms in total. The van der Waals surface area contributed by atoms with E-state index in [0.29, 0.717) is 45.0 Å². The number of halogens is 2. The number of carbonyl (C=O) groups is 1. The summed E-state index contributed by atoms with van der Waals surface area (Å²) in [6, 6.07) is 14.3. The van der Waals surface area contributed by atoms with Crippen molar-refractivity contribution >= 4 is 51.8 Å². The van der Waals surface area contributed by atoms with Crippen molar-refractivity contribution in [1.29, 1.82) is 5.26 Å². The average molecular weight is 515 g/mol. The number of nitriles is 1. The van der Waals surface area contributed by atoms with Crippen LogP contribution in [0.1, 0.15) is 29.2 Å². The van der Waals surface area contributed by atoms with Crippen molar-refractivity contribution in [2.24, 2.45) is 0 Å². The number of benzene rings is 2. The lowest BCUT2D eigenvalue weighted by Gasteiger charge is -2.17. The van der Waals surface area contributed by atoms with Gasteiger partial charge in [-0.25, -0.2) is 9.78 Å². The molecular formula is C25H24Cl2N4O2S. The maximum Gasteiger partial charge on any atom is 0.338 e. The summed E-state index contributed by atoms with van der Waals surface area (Å²) in [5, 5.41) is 16.1. The first kappa shape index (κ1) is 25.7. The molecule has 1 aromatic heterocycles. The van der Waals surface area contributed by atoms with Crippen molar-refractivity contribution in [2.45, 2.75) is 13.8 Å². The first-order chi connectivity index (χ1) is 16.4. The van der Waals surface area contributed by atoms with Crippen molar-refractivity contribution in [1.82, 2.24) is 9.88 Å². The molecule has 0 aliphatic rings. The van der Waals surface area contributed by atoms with Gasteiger partial charge in [-0.15, -0.1) is 11.3 Å². The number of nitrogens with zero attached hydrogens (tertiary/aromatic N) is 3. The van der Waals surface area contributed by atoms with Crippen LogP contribution in [0.4, 0.5) is 5.69 Å². The zero-order chi connectivity index (χ0) is 24.5. The molecule has 0 fully saturated rings. The van der Waals surface area contributed by atoms with Gasteiger partial charge in [0.15, 0.2) is 0 Å². The van der Waals surface area contributed by atoms with E-state index < -0.39 is 0 Å². The van der Waals surface area contributed by atoms with E-state index in [2.05, 4.69) is 35.1 Å². The number of aromatic nitrogens is 1. The number of ether oxygens (including phenoxy) is 1. The van der Waals surface area contributed by atoms with E-state index in [1.165, 1.54) is 11.3 Å². The second-order valence-electron chi connectivity index (χ2n) is 7.22. The van der Waals surface area contributed by atoms with Gasteiger partial charge < -0.3 is 15.0 Å². The fourth-order valence-corrected chi connectivity index (χ4v) is 4.40. The van der Waals surface area contributed by atoms with Gasteiger partial charge >= 0.3 is 5.97 Å². The SMILES string of the molecule is CCN(CC)CCOC(=O)c1ccc(N/C=C(/C#N)c2nc(-c3ccc(Cl)cc3Cl)cs2)cc1. The molecule has 3 aromatic rings. The van der Waals surface area contributed by atoms with Gasteiger partial charge in [0.05, 0.1) is 16.3 Å². The van der Waals surface area contributed by atoms with Crippen LogP contribution in [0.15, 0.2) is 54.0 Å². The molecule has 1 N–H and O–H groups in total. The van der Waals surface area contributed by atoms with E-state index in [1.54, 1.807) is 48.7 Å². The second kappa shape index (κ2) is 12.5. The first-order valence-electron chi connectivity index (χ1n) is 10.7. The molecule has 0 radical (unpaired) electrons. The highest BCUT2D eigenvalue weighted by molar-refractivity contribution is 7.11. The number of allylic oxidation sites excluding steroid dienone is 1. The van der Waals surface area contributed by atoms with Crippen LogP contribution in [0.2, 0.25) is 10.0 Å². The smallest absolute Gasteiger partial charge is 0.338 e. The number of anilines is 1. The summed E-state index contributed by atoms with van der Waals surface area (Å²) in [5.41, 5.74) is 3.00. The van der Waals surface area contributed by atoms with Crippen LogP contribution >= 0.6 is 34.5 Å². The van der Waals surface area contributed by atoms with Crippen LogP contribution in [0.25, 0.3) is 16.8 Å². The number of esters is 1. The predicted octanol–water partition coefficient (Wildman–Crippen LogP) is 6.59. The Balaban J connectivity index is 1.62. The van der Waals surface area contributed by atoms with Gasteiger partial charge in [-0.05, 0) is 55.6 Å². The molecule has 0 aliphatic carbocycles. The van der Waals surface area contributed by atoms with E-state index in [1.807, 2.05) is 5.38 Å². The molecule has 34 heavy (non-hydrogen) atoms. The third-order valence-electron chi connectivity index (χ3n) is 5.10. The third-order valence-corrected chi connectivity index (χ3v) is 6.52. The minimum atomic E-state index is -0.358. The van der Waals surface area contributed by atoms with E-state index in [0.717, 1.165) is 24.3 Å². The molecule has 0 saturated carbocycles. The monoisotopic (exact) mass is 514 g/mol. The van der Waals surface area contributed by atoms with E-state index in [4.69, 9.17) is 27.9 Å². The van der Waals surface area contributed by atoms with E-state index in [-0.39, 0.29) is 5.97 Å². The molecule has 0 unspecified atom stereocenters. The lowest BCUT2D eigenvalue weighted by Crippen LogP contribution is -2.27. The number of nitrogens with one attached hydrogen (secondary N) is 1. The standard InChI is InChI=1S/C25H24Cl2N4O2S/c1-3-31(4-2)11-12-33-25(32)17-5-8-20(9-6-17)29-15-18(14-28)24-30-23(16-34-24)21-10-7-19(26)13-22(21)27/h5-10,13,15-16,29H,3-4,11-12H2,1-2H3/b18-15-. The first-order valence-corrected chi connectivity index (χ1v) is 12.4. The van der Waals surface area contributed by atoms with Crippen molar-refractivity contribution in [3.63, 3.8) is 0 Å². The Kier molecular flexibility index (Phi) is 9.49. The summed E-state index contributed by atoms with van der Waals surface area (Å²) in [7, 11) is 0. The number of hydrogen-bond donors (Lipinski definition) is 1. The molecule has 0 aliphatic heterocycles. The number of thiazole rings is 1. The highest BCUT2D eigenvalue weighted by Crippen LogP contribution is 2.32. The number of hydrogen-bond acceptors (Lipinski definition) is 7. The zero-order valence-electron chi connectivity index (χ0n) is 18.8. The molecule has 0 atom stereocenters. The predicted molar refractivity (Wildman–Crippen MR) is 139 cm³/mol. The van der Waals surface area contributed by atoms with Crippen LogP contribution in [-0.4, -0.2) is 42.1 Å². The summed E-state index contributed by atoms with van der Waals surface area (Å²) in [4.78, 5) is 19.0. The van der Waals surface area contributed by atoms with Crippen molar-refractivity contribution in [2.75, 3.05) is 31.6 Å². The van der Waals surface area contributed by atoms with Gasteiger partial charge in [0.25, 0.3) is 0 Å². The van der Waals surface area contributed by atoms with Crippen molar-refractivity contribution < 1.29 is 9.53 Å². The molecule has 3 rings (SSSR count). The maximum atomic E-state index is 12.2. The second-order valence-corrected chi connectivity index (χ2v) is 8.92. The lowest BCUT2D eigenvalue weighted by atomic mass is 10.2. The molecule has 0 saturated heterocycles. The van der Waals surface area contributed by atoms with Gasteiger partial charge in [-0.3, -0.25) is 0 Å². The summed E-state index contributed by atoms with van der Waals surface area (Å²) >= 11 is 13.6. The molecular weight excluding hydrogens is 491 g/mol. The highest BCUT2D eigenvalue weighted by Gasteiger charge is 2.12. The quantitative estimate of drug-likeness (QED) is 0.242. The number of rotatable bonds is 10. The lowest BCUT2D eigenvalue weighted by molar-refractivity contribution is 0.0466. The summed E-state index contributed by atoms with van der Waals surface area (Å²) in [6.45, 7) is 7.06. The zero-order valence-corrected chi connectivity index (χ0v) is 21.2. The van der Waals surface area contributed by atoms with E-state index >= 15 is 0 Å². The normalized spacial score (nSPS) is 11.4. The Labute approximate surface area is 213 Å². The Morgan fingerprint density at radius 3 is 2.59 bits per heavy atom. The molecule has 0 amide bonds. The molecule has 0 bridgehead atoms. The minimum absolute atomic E-state index is 0.353. The number of carbonyl (C=O) groups excluding carboxylic acids is 1. The largest absolute Gasteiger partial charge is 0.461 e. The topological polar surface area (TPSA) is 78.2 Å². The molecule has 1 heterocycles. The van der Waals surface area contributed by atoms with Crippen LogP contribution in [0.3, 0.4) is 0 Å². The molecule has 176 valence electrons. The van der Waals surface area contributed by atoms with Crippen LogP contribution in [0.5, 0.6) is 0 Å². The Morgan fingerprint density at radius 1 is 1.21 bits per heavy atom. The Hall–Kier alpha value is -2.89. The van der Waals surface area contributed by atoms with Gasteiger partial charge in [-0.2, -0.15) is 5.26 Å². The Bertz CT molecular complexity index is 1200. The minimum Gasteiger partial charge on any atom is -0.461 e. The van der Waals surface area contributed by atoms with Crippen LogP contribution in [-0.2, 0) is 4.74 Å². The van der Waals surface area contributed by atoms with Gasteiger partial charge in [0, 0.05) is 34.4 Å². The van der Waals surface area contributed by atoms with E-state index in [9.17, 15) is 10.1 Å². The molecule has 0 spiro atoms. The fraction of sp³-hybridized carbons (Fsp3) is 0.240. The number of likely N-dealkylation sites (N-methyl/N-ethyl adjacent to an activating group) is 1. The summed E-state index contributed by atoms with van der Waals surface area (Å²) in [6.07, 6.45) is 1.59. The molecule has 2 aromatic carbocycles.